The Balaban J connectivity index is 0.000000181. The highest BCUT2D eigenvalue weighted by atomic mass is 35.5. The van der Waals surface area contributed by atoms with Gasteiger partial charge in [0.05, 0.1) is 0 Å². The molecule has 0 aromatic heterocycles. The zero-order chi connectivity index (χ0) is 32.6. The van der Waals surface area contributed by atoms with Crippen molar-refractivity contribution in [1.82, 2.24) is 9.80 Å². The molecule has 2 atom stereocenters. The second-order valence-electron chi connectivity index (χ2n) is 13.8. The lowest BCUT2D eigenvalue weighted by atomic mass is 9.93. The quantitative estimate of drug-likeness (QED) is 0.108. The maximum atomic E-state index is 5.80. The highest BCUT2D eigenvalue weighted by molar-refractivity contribution is 6.17. The van der Waals surface area contributed by atoms with E-state index in [1.807, 2.05) is 31.2 Å². The average molecular weight is 722 g/mol. The van der Waals surface area contributed by atoms with Crippen LogP contribution in [0.3, 0.4) is 0 Å². The van der Waals surface area contributed by atoms with Gasteiger partial charge in [0.25, 0.3) is 0 Å². The number of rotatable bonds is 8. The predicted octanol–water partition coefficient (Wildman–Crippen LogP) is 9.92. The topological polar surface area (TPSA) is 44.5 Å². The van der Waals surface area contributed by atoms with Gasteiger partial charge in [0.2, 0.25) is 0 Å². The number of aryl methyl sites for hydroxylation is 4. The van der Waals surface area contributed by atoms with Crippen LogP contribution in [0.2, 0.25) is 0 Å². The van der Waals surface area contributed by atoms with Crippen molar-refractivity contribution in [2.75, 3.05) is 49.7 Å². The number of benzene rings is 4. The van der Waals surface area contributed by atoms with Gasteiger partial charge in [0, 0.05) is 55.5 Å². The molecule has 4 aromatic rings. The van der Waals surface area contributed by atoms with Crippen LogP contribution in [0.1, 0.15) is 82.3 Å². The number of nitrogens with two attached hydrogens (primary N) is 1. The van der Waals surface area contributed by atoms with Crippen LogP contribution in [0.25, 0.3) is 0 Å². The van der Waals surface area contributed by atoms with Crippen LogP contribution in [-0.4, -0.2) is 48.4 Å². The van der Waals surface area contributed by atoms with Gasteiger partial charge in [-0.3, -0.25) is 9.80 Å². The summed E-state index contributed by atoms with van der Waals surface area (Å²) in [6.45, 7) is 10.0. The summed E-state index contributed by atoms with van der Waals surface area (Å²) in [5, 5.41) is 3.56. The van der Waals surface area contributed by atoms with E-state index in [9.17, 15) is 0 Å². The minimum Gasteiger partial charge on any atom is -0.399 e. The Morgan fingerprint density at radius 2 is 1.14 bits per heavy atom. The highest BCUT2D eigenvalue weighted by Crippen LogP contribution is 2.42. The van der Waals surface area contributed by atoms with Gasteiger partial charge < -0.3 is 11.1 Å². The summed E-state index contributed by atoms with van der Waals surface area (Å²) in [6, 6.07) is 31.6. The summed E-state index contributed by atoms with van der Waals surface area (Å²) in [5.41, 5.74) is 19.8. The molecule has 0 saturated carbocycles. The Bertz CT molecular complexity index is 1610. The summed E-state index contributed by atoms with van der Waals surface area (Å²) in [4.78, 5) is 5.36. The second-order valence-corrected chi connectivity index (χ2v) is 14.1. The van der Waals surface area contributed by atoms with Crippen LogP contribution in [0, 0.1) is 13.8 Å². The highest BCUT2D eigenvalue weighted by Gasteiger charge is 2.33. The number of halogens is 3. The summed E-state index contributed by atoms with van der Waals surface area (Å²) >= 11 is 5.80. The molecule has 0 spiro atoms. The Hall–Kier alpha value is -2.73. The lowest BCUT2D eigenvalue weighted by Gasteiger charge is -2.35. The Morgan fingerprint density at radius 1 is 0.653 bits per heavy atom. The molecule has 3 N–H and O–H groups in total. The minimum absolute atomic E-state index is 0. The summed E-state index contributed by atoms with van der Waals surface area (Å²) < 4.78 is 0. The van der Waals surface area contributed by atoms with E-state index >= 15 is 0 Å². The molecule has 49 heavy (non-hydrogen) atoms. The van der Waals surface area contributed by atoms with Crippen molar-refractivity contribution >= 4 is 47.8 Å². The largest absolute Gasteiger partial charge is 0.399 e. The molecule has 0 fully saturated rings. The monoisotopic (exact) mass is 720 g/mol. The molecule has 4 aromatic carbocycles. The molecule has 4 aliphatic rings. The number of nitrogens with one attached hydrogen (secondary N) is 1. The fourth-order valence-electron chi connectivity index (χ4n) is 8.24. The Morgan fingerprint density at radius 3 is 1.63 bits per heavy atom. The number of nitrogen functional groups attached to an aromatic ring is 1. The van der Waals surface area contributed by atoms with Crippen molar-refractivity contribution in [2.24, 2.45) is 0 Å². The van der Waals surface area contributed by atoms with E-state index in [1.54, 1.807) is 33.4 Å². The lowest BCUT2D eigenvalue weighted by molar-refractivity contribution is 0.185. The SMILES string of the molecule is Cc1cccc(N)c1.Cc1cccc(NCCCN2CCc3cccc4c3C2CC4)c1.Cl.Cl.ClCCCN1CCc2cccc3c2C1CC3. The minimum atomic E-state index is 0. The van der Waals surface area contributed by atoms with Crippen molar-refractivity contribution in [3.8, 4) is 0 Å². The molecular formula is C42H55Cl3N4. The first-order valence-electron chi connectivity index (χ1n) is 17.9. The van der Waals surface area contributed by atoms with Gasteiger partial charge in [0.1, 0.15) is 0 Å². The fraction of sp³-hybridized carbons (Fsp3) is 0.429. The van der Waals surface area contributed by atoms with Gasteiger partial charge in [0.15, 0.2) is 0 Å². The smallest absolute Gasteiger partial charge is 0.0356 e. The van der Waals surface area contributed by atoms with Gasteiger partial charge >= 0.3 is 0 Å². The number of alkyl halides is 1. The first-order valence-corrected chi connectivity index (χ1v) is 18.4. The van der Waals surface area contributed by atoms with Gasteiger partial charge in [-0.1, -0.05) is 60.7 Å². The first kappa shape index (κ1) is 39.1. The van der Waals surface area contributed by atoms with Crippen molar-refractivity contribution in [3.05, 3.63) is 129 Å². The van der Waals surface area contributed by atoms with Gasteiger partial charge in [-0.05, 0) is 141 Å². The van der Waals surface area contributed by atoms with E-state index in [-0.39, 0.29) is 24.8 Å². The van der Waals surface area contributed by atoms with Crippen molar-refractivity contribution in [2.45, 2.75) is 77.3 Å². The third-order valence-electron chi connectivity index (χ3n) is 10.4. The molecule has 2 heterocycles. The van der Waals surface area contributed by atoms with Crippen molar-refractivity contribution < 1.29 is 0 Å². The molecule has 2 unspecified atom stereocenters. The number of anilines is 2. The predicted molar refractivity (Wildman–Crippen MR) is 215 cm³/mol. The molecule has 4 nitrogen and oxygen atoms in total. The molecule has 0 bridgehead atoms. The molecule has 0 saturated heterocycles. The summed E-state index contributed by atoms with van der Waals surface area (Å²) in [7, 11) is 0. The van der Waals surface area contributed by atoms with Crippen LogP contribution in [0.4, 0.5) is 11.4 Å². The van der Waals surface area contributed by atoms with Crippen molar-refractivity contribution in [3.63, 3.8) is 0 Å². The van der Waals surface area contributed by atoms with E-state index in [4.69, 9.17) is 17.3 Å². The zero-order valence-corrected chi connectivity index (χ0v) is 31.7. The molecule has 7 heteroatoms. The maximum absolute atomic E-state index is 5.80. The van der Waals surface area contributed by atoms with Gasteiger partial charge in [-0.25, -0.2) is 0 Å². The van der Waals surface area contributed by atoms with E-state index in [0.717, 1.165) is 24.5 Å². The molecule has 8 rings (SSSR count). The number of nitrogens with zero attached hydrogens (tertiary/aromatic N) is 2. The van der Waals surface area contributed by atoms with Gasteiger partial charge in [-0.2, -0.15) is 0 Å². The van der Waals surface area contributed by atoms with E-state index in [1.165, 1.54) is 87.9 Å². The fourth-order valence-corrected chi connectivity index (χ4v) is 8.36. The standard InChI is InChI=1S/C21H26N2.C14H18ClN.C7H9N.2ClH/c1-16-5-2-8-19(15-16)22-12-4-13-23-14-11-18-7-3-6-17-9-10-20(23)21(17)18;15-8-2-9-16-10-7-12-4-1-3-11-5-6-13(16)14(11)12;1-6-3-2-4-7(8)5-6;;/h2-3,5-8,15,20,22H,4,9-14H2,1H3;1,3-4,13H,2,5-10H2;2-5H,8H2,1H3;2*1H. The molecule has 2 aliphatic heterocycles. The third kappa shape index (κ3) is 9.96. The van der Waals surface area contributed by atoms with E-state index in [2.05, 4.69) is 82.7 Å². The van der Waals surface area contributed by atoms with E-state index in [0.29, 0.717) is 12.1 Å². The summed E-state index contributed by atoms with van der Waals surface area (Å²) in [5.74, 6) is 0.789. The van der Waals surface area contributed by atoms with E-state index < -0.39 is 0 Å². The molecule has 2 aliphatic carbocycles. The third-order valence-corrected chi connectivity index (χ3v) is 10.7. The molecular weight excluding hydrogens is 667 g/mol. The Labute approximate surface area is 312 Å². The number of hydrogen-bond acceptors (Lipinski definition) is 4. The maximum Gasteiger partial charge on any atom is 0.0356 e. The van der Waals surface area contributed by atoms with Crippen LogP contribution in [-0.2, 0) is 25.7 Å². The van der Waals surface area contributed by atoms with Crippen molar-refractivity contribution in [1.29, 1.82) is 0 Å². The zero-order valence-electron chi connectivity index (χ0n) is 29.3. The molecule has 0 amide bonds. The average Bonchev–Trinajstić information content (AvgIpc) is 3.72. The van der Waals surface area contributed by atoms with Crippen LogP contribution < -0.4 is 11.1 Å². The molecule has 264 valence electrons. The Kier molecular flexibility index (Phi) is 15.2. The van der Waals surface area contributed by atoms with Gasteiger partial charge in [-0.15, -0.1) is 36.4 Å². The van der Waals surface area contributed by atoms with Crippen LogP contribution in [0.15, 0.2) is 84.9 Å². The summed E-state index contributed by atoms with van der Waals surface area (Å²) in [6.07, 6.45) is 9.95. The number of hydrogen-bond donors (Lipinski definition) is 2. The normalized spacial score (nSPS) is 18.3. The first-order chi connectivity index (χ1) is 23.0. The molecule has 0 radical (unpaired) electrons. The lowest BCUT2D eigenvalue weighted by Crippen LogP contribution is -2.35. The van der Waals surface area contributed by atoms with Crippen LogP contribution >= 0.6 is 36.4 Å². The van der Waals surface area contributed by atoms with Crippen LogP contribution in [0.5, 0.6) is 0 Å². The second kappa shape index (κ2) is 19.0.